The van der Waals surface area contributed by atoms with Crippen molar-refractivity contribution in [3.05, 3.63) is 29.8 Å². The van der Waals surface area contributed by atoms with Gasteiger partial charge in [-0.3, -0.25) is 4.79 Å². The molecule has 1 aromatic heterocycles. The van der Waals surface area contributed by atoms with Crippen LogP contribution in [0.15, 0.2) is 18.3 Å². The van der Waals surface area contributed by atoms with E-state index >= 15 is 0 Å². The van der Waals surface area contributed by atoms with Crippen LogP contribution in [0.25, 0.3) is 0 Å². The van der Waals surface area contributed by atoms with Gasteiger partial charge in [-0.25, -0.2) is 4.98 Å². The number of carboxylic acids is 1. The van der Waals surface area contributed by atoms with Crippen molar-refractivity contribution < 1.29 is 14.3 Å². The Hall–Kier alpha value is -1.45. The summed E-state index contributed by atoms with van der Waals surface area (Å²) in [6, 6.07) is 3.21. The third kappa shape index (κ3) is 1.39. The summed E-state index contributed by atoms with van der Waals surface area (Å²) in [6.45, 7) is 0. The SMILES string of the molecule is O=C(O)C1CC1c1cccnc1F. The molecule has 2 rings (SSSR count). The van der Waals surface area contributed by atoms with Gasteiger partial charge in [0.15, 0.2) is 0 Å². The van der Waals surface area contributed by atoms with Crippen LogP contribution in [-0.4, -0.2) is 16.1 Å². The molecule has 0 spiro atoms. The average molecular weight is 181 g/mol. The number of carboxylic acid groups (broad SMARTS) is 1. The summed E-state index contributed by atoms with van der Waals surface area (Å²) >= 11 is 0. The van der Waals surface area contributed by atoms with Crippen LogP contribution < -0.4 is 0 Å². The van der Waals surface area contributed by atoms with Crippen LogP contribution in [-0.2, 0) is 4.79 Å². The Bertz CT molecular complexity index is 353. The molecule has 0 bridgehead atoms. The minimum absolute atomic E-state index is 0.175. The summed E-state index contributed by atoms with van der Waals surface area (Å²) in [6.07, 6.45) is 1.88. The molecule has 1 fully saturated rings. The van der Waals surface area contributed by atoms with E-state index in [4.69, 9.17) is 5.11 Å². The molecule has 3 nitrogen and oxygen atoms in total. The van der Waals surface area contributed by atoms with Gasteiger partial charge in [-0.15, -0.1) is 0 Å². The number of aromatic nitrogens is 1. The molecule has 4 heteroatoms. The van der Waals surface area contributed by atoms with Crippen molar-refractivity contribution in [1.82, 2.24) is 4.98 Å². The lowest BCUT2D eigenvalue weighted by Gasteiger charge is -1.97. The monoisotopic (exact) mass is 181 g/mol. The van der Waals surface area contributed by atoms with Crippen LogP contribution in [0.5, 0.6) is 0 Å². The predicted molar refractivity (Wildman–Crippen MR) is 42.7 cm³/mol. The van der Waals surface area contributed by atoms with Gasteiger partial charge < -0.3 is 5.11 Å². The highest BCUT2D eigenvalue weighted by Crippen LogP contribution is 2.47. The Balaban J connectivity index is 2.21. The van der Waals surface area contributed by atoms with E-state index in [1.54, 1.807) is 12.1 Å². The van der Waals surface area contributed by atoms with Crippen LogP contribution in [0.3, 0.4) is 0 Å². The lowest BCUT2D eigenvalue weighted by atomic mass is 10.1. The molecule has 1 heterocycles. The highest BCUT2D eigenvalue weighted by Gasteiger charge is 2.45. The molecule has 1 N–H and O–H groups in total. The molecule has 0 amide bonds. The molecule has 1 saturated carbocycles. The van der Waals surface area contributed by atoms with E-state index in [1.165, 1.54) is 6.20 Å². The summed E-state index contributed by atoms with van der Waals surface area (Å²) in [5.74, 6) is -1.99. The number of hydrogen-bond acceptors (Lipinski definition) is 2. The summed E-state index contributed by atoms with van der Waals surface area (Å²) in [4.78, 5) is 14.0. The Labute approximate surface area is 74.2 Å². The quantitative estimate of drug-likeness (QED) is 0.702. The van der Waals surface area contributed by atoms with Crippen molar-refractivity contribution in [2.45, 2.75) is 12.3 Å². The molecule has 1 aliphatic carbocycles. The molecule has 2 unspecified atom stereocenters. The third-order valence-corrected chi connectivity index (χ3v) is 2.30. The minimum atomic E-state index is -0.853. The van der Waals surface area contributed by atoms with Crippen molar-refractivity contribution in [3.8, 4) is 0 Å². The zero-order chi connectivity index (χ0) is 9.42. The van der Waals surface area contributed by atoms with Gasteiger partial charge in [-0.05, 0) is 12.5 Å². The van der Waals surface area contributed by atoms with Crippen LogP contribution in [0, 0.1) is 11.9 Å². The first kappa shape index (κ1) is 8.16. The first-order valence-electron chi connectivity index (χ1n) is 4.03. The molecule has 0 aliphatic heterocycles. The van der Waals surface area contributed by atoms with Crippen LogP contribution in [0.1, 0.15) is 17.9 Å². The lowest BCUT2D eigenvalue weighted by Crippen LogP contribution is -2.00. The van der Waals surface area contributed by atoms with E-state index in [2.05, 4.69) is 4.98 Å². The molecular weight excluding hydrogens is 173 g/mol. The first-order valence-corrected chi connectivity index (χ1v) is 4.03. The van der Waals surface area contributed by atoms with Crippen molar-refractivity contribution in [2.24, 2.45) is 5.92 Å². The number of hydrogen-bond donors (Lipinski definition) is 1. The van der Waals surface area contributed by atoms with Crippen molar-refractivity contribution >= 4 is 5.97 Å². The fourth-order valence-electron chi connectivity index (χ4n) is 1.49. The average Bonchev–Trinajstić information content (AvgIpc) is 2.84. The fraction of sp³-hybridized carbons (Fsp3) is 0.333. The van der Waals surface area contributed by atoms with Crippen LogP contribution in [0.2, 0.25) is 0 Å². The molecule has 2 atom stereocenters. The fourth-order valence-corrected chi connectivity index (χ4v) is 1.49. The minimum Gasteiger partial charge on any atom is -0.481 e. The summed E-state index contributed by atoms with van der Waals surface area (Å²) in [5, 5.41) is 8.63. The molecule has 13 heavy (non-hydrogen) atoms. The van der Waals surface area contributed by atoms with Crippen molar-refractivity contribution in [3.63, 3.8) is 0 Å². The van der Waals surface area contributed by atoms with Crippen molar-refractivity contribution in [1.29, 1.82) is 0 Å². The Morgan fingerprint density at radius 2 is 2.46 bits per heavy atom. The zero-order valence-corrected chi connectivity index (χ0v) is 6.77. The van der Waals surface area contributed by atoms with E-state index in [1.807, 2.05) is 0 Å². The topological polar surface area (TPSA) is 50.2 Å². The Morgan fingerprint density at radius 1 is 1.69 bits per heavy atom. The number of pyridine rings is 1. The van der Waals surface area contributed by atoms with E-state index in [-0.39, 0.29) is 5.92 Å². The summed E-state index contributed by atoms with van der Waals surface area (Å²) in [7, 11) is 0. The maximum Gasteiger partial charge on any atom is 0.307 e. The van der Waals surface area contributed by atoms with E-state index in [0.29, 0.717) is 12.0 Å². The lowest BCUT2D eigenvalue weighted by molar-refractivity contribution is -0.138. The molecule has 0 saturated heterocycles. The second kappa shape index (κ2) is 2.80. The maximum atomic E-state index is 13.0. The van der Waals surface area contributed by atoms with Gasteiger partial charge in [-0.1, -0.05) is 6.07 Å². The number of rotatable bonds is 2. The van der Waals surface area contributed by atoms with E-state index in [9.17, 15) is 9.18 Å². The van der Waals surface area contributed by atoms with Gasteiger partial charge in [-0.2, -0.15) is 4.39 Å². The second-order valence-electron chi connectivity index (χ2n) is 3.17. The number of halogens is 1. The van der Waals surface area contributed by atoms with Gasteiger partial charge >= 0.3 is 5.97 Å². The van der Waals surface area contributed by atoms with Gasteiger partial charge in [0, 0.05) is 17.7 Å². The van der Waals surface area contributed by atoms with Crippen LogP contribution >= 0.6 is 0 Å². The normalized spacial score (nSPS) is 25.6. The Morgan fingerprint density at radius 3 is 3.00 bits per heavy atom. The second-order valence-corrected chi connectivity index (χ2v) is 3.17. The molecule has 68 valence electrons. The molecular formula is C9H8FNO2. The van der Waals surface area contributed by atoms with E-state index in [0.717, 1.165) is 0 Å². The van der Waals surface area contributed by atoms with Gasteiger partial charge in [0.1, 0.15) is 0 Å². The largest absolute Gasteiger partial charge is 0.481 e. The van der Waals surface area contributed by atoms with Gasteiger partial charge in [0.25, 0.3) is 0 Å². The van der Waals surface area contributed by atoms with Gasteiger partial charge in [0.05, 0.1) is 5.92 Å². The highest BCUT2D eigenvalue weighted by molar-refractivity contribution is 5.75. The van der Waals surface area contributed by atoms with Gasteiger partial charge in [0.2, 0.25) is 5.95 Å². The summed E-state index contributed by atoms with van der Waals surface area (Å²) < 4.78 is 13.0. The zero-order valence-electron chi connectivity index (χ0n) is 6.77. The molecule has 0 radical (unpaired) electrons. The van der Waals surface area contributed by atoms with Crippen molar-refractivity contribution in [2.75, 3.05) is 0 Å². The summed E-state index contributed by atoms with van der Waals surface area (Å²) in [5.41, 5.74) is 0.426. The molecule has 1 aliphatic rings. The van der Waals surface area contributed by atoms with E-state index < -0.39 is 17.8 Å². The third-order valence-electron chi connectivity index (χ3n) is 2.30. The number of carbonyl (C=O) groups is 1. The molecule has 1 aromatic rings. The molecule has 0 aromatic carbocycles. The predicted octanol–water partition coefficient (Wildman–Crippen LogP) is 1.41. The Kier molecular flexibility index (Phi) is 1.76. The first-order chi connectivity index (χ1) is 6.20. The maximum absolute atomic E-state index is 13.0. The number of nitrogens with zero attached hydrogens (tertiary/aromatic N) is 1. The number of aliphatic carboxylic acids is 1. The van der Waals surface area contributed by atoms with Crippen LogP contribution in [0.4, 0.5) is 4.39 Å². The standard InChI is InChI=1S/C9H8FNO2/c10-8-5(2-1-3-11-8)6-4-7(6)9(12)13/h1-3,6-7H,4H2,(H,12,13). The highest BCUT2D eigenvalue weighted by atomic mass is 19.1. The smallest absolute Gasteiger partial charge is 0.307 e.